The van der Waals surface area contributed by atoms with E-state index >= 15 is 0 Å². The van der Waals surface area contributed by atoms with Crippen LogP contribution >= 0.6 is 0 Å². The summed E-state index contributed by atoms with van der Waals surface area (Å²) in [6, 6.07) is 10.7. The highest BCUT2D eigenvalue weighted by Crippen LogP contribution is 2.22. The molecule has 31 heavy (non-hydrogen) atoms. The number of fused-ring (bicyclic) bond motifs is 1. The lowest BCUT2D eigenvalue weighted by Crippen LogP contribution is -2.09. The van der Waals surface area contributed by atoms with Gasteiger partial charge in [-0.05, 0) is 56.0 Å². The smallest absolute Gasteiger partial charge is 0.349 e. The zero-order chi connectivity index (χ0) is 22.7. The van der Waals surface area contributed by atoms with Crippen LogP contribution in [0.25, 0.3) is 17.0 Å². The number of nitriles is 1. The van der Waals surface area contributed by atoms with Gasteiger partial charge in [0.15, 0.2) is 0 Å². The number of aryl methyl sites for hydroxylation is 2. The van der Waals surface area contributed by atoms with Crippen LogP contribution in [0, 0.1) is 38.0 Å². The molecular weight excluding hydrogens is 392 g/mol. The van der Waals surface area contributed by atoms with Crippen LogP contribution in [0.4, 0.5) is 0 Å². The van der Waals surface area contributed by atoms with Crippen LogP contribution in [0.3, 0.4) is 0 Å². The fraction of sp³-hybridized carbons (Fsp3) is 0.320. The Balaban J connectivity index is 1.84. The van der Waals surface area contributed by atoms with Crippen LogP contribution in [0.5, 0.6) is 0 Å². The van der Waals surface area contributed by atoms with E-state index in [1.165, 1.54) is 6.07 Å². The highest BCUT2D eigenvalue weighted by Gasteiger charge is 2.16. The molecule has 6 heteroatoms. The van der Waals surface area contributed by atoms with Crippen molar-refractivity contribution in [1.29, 1.82) is 5.26 Å². The van der Waals surface area contributed by atoms with Crippen LogP contribution in [-0.4, -0.2) is 10.5 Å². The molecule has 0 saturated carbocycles. The summed E-state index contributed by atoms with van der Waals surface area (Å²) in [5.74, 6) is -0.256. The van der Waals surface area contributed by atoms with Crippen molar-refractivity contribution < 1.29 is 13.9 Å². The van der Waals surface area contributed by atoms with E-state index in [9.17, 15) is 14.9 Å². The molecule has 6 nitrogen and oxygen atoms in total. The van der Waals surface area contributed by atoms with Crippen LogP contribution < -0.4 is 5.63 Å². The fourth-order valence-corrected chi connectivity index (χ4v) is 3.59. The Bertz CT molecular complexity index is 1270. The molecule has 160 valence electrons. The van der Waals surface area contributed by atoms with E-state index in [4.69, 9.17) is 9.15 Å². The average molecular weight is 418 g/mol. The van der Waals surface area contributed by atoms with Crippen LogP contribution in [0.2, 0.25) is 0 Å². The zero-order valence-corrected chi connectivity index (χ0v) is 18.5. The van der Waals surface area contributed by atoms with Gasteiger partial charge in [-0.2, -0.15) is 5.26 Å². The molecule has 0 aliphatic carbocycles. The highest BCUT2D eigenvalue weighted by atomic mass is 16.5. The lowest BCUT2D eigenvalue weighted by atomic mass is 10.1. The van der Waals surface area contributed by atoms with Crippen molar-refractivity contribution in [3.63, 3.8) is 0 Å². The van der Waals surface area contributed by atoms with Crippen molar-refractivity contribution in [3.05, 3.63) is 74.4 Å². The van der Waals surface area contributed by atoms with Gasteiger partial charge in [-0.25, -0.2) is 9.59 Å². The van der Waals surface area contributed by atoms with Crippen molar-refractivity contribution in [3.8, 4) is 6.07 Å². The molecule has 2 heterocycles. The molecule has 0 fully saturated rings. The molecule has 0 unspecified atom stereocenters. The lowest BCUT2D eigenvalue weighted by molar-refractivity contribution is -0.139. The molecule has 0 N–H and O–H groups in total. The molecule has 0 atom stereocenters. The Kier molecular flexibility index (Phi) is 6.45. The number of aromatic nitrogens is 1. The molecule has 2 aromatic heterocycles. The SMILES string of the molecule is Cc1ccc2c(COC(=O)/C(C#N)=C/c3cc(C)n(CC(C)C)c3C)cc(=O)oc2c1. The summed E-state index contributed by atoms with van der Waals surface area (Å²) < 4.78 is 12.8. The Morgan fingerprint density at radius 3 is 2.65 bits per heavy atom. The van der Waals surface area contributed by atoms with Gasteiger partial charge in [0.25, 0.3) is 0 Å². The van der Waals surface area contributed by atoms with E-state index in [0.29, 0.717) is 22.5 Å². The number of carbonyl (C=O) groups excluding carboxylic acids is 1. The minimum atomic E-state index is -0.732. The summed E-state index contributed by atoms with van der Waals surface area (Å²) in [5.41, 5.74) is 4.20. The predicted octanol–water partition coefficient (Wildman–Crippen LogP) is 4.83. The highest BCUT2D eigenvalue weighted by molar-refractivity contribution is 5.98. The van der Waals surface area contributed by atoms with Crippen molar-refractivity contribution in [2.75, 3.05) is 0 Å². The molecule has 0 aliphatic rings. The summed E-state index contributed by atoms with van der Waals surface area (Å²) in [6.45, 7) is 10.9. The molecule has 3 aromatic rings. The van der Waals surface area contributed by atoms with Gasteiger partial charge in [-0.3, -0.25) is 0 Å². The van der Waals surface area contributed by atoms with Crippen molar-refractivity contribution >= 4 is 23.0 Å². The first-order valence-electron chi connectivity index (χ1n) is 10.2. The average Bonchev–Trinajstić information content (AvgIpc) is 2.96. The largest absolute Gasteiger partial charge is 0.457 e. The van der Waals surface area contributed by atoms with Crippen molar-refractivity contribution in [2.45, 2.75) is 47.8 Å². The quantitative estimate of drug-likeness (QED) is 0.248. The van der Waals surface area contributed by atoms with Gasteiger partial charge in [0.05, 0.1) is 0 Å². The first-order valence-corrected chi connectivity index (χ1v) is 10.2. The second kappa shape index (κ2) is 9.05. The number of carbonyl (C=O) groups is 1. The van der Waals surface area contributed by atoms with Crippen LogP contribution in [-0.2, 0) is 22.7 Å². The molecule has 0 saturated heterocycles. The summed E-state index contributed by atoms with van der Waals surface area (Å²) in [4.78, 5) is 24.5. The standard InChI is InChI=1S/C25H26N2O4/c1-15(2)13-27-17(4)9-19(18(27)5)10-20(12-26)25(29)30-14-21-11-24(28)31-23-8-16(3)6-7-22(21)23/h6-11,15H,13-14H2,1-5H3/b20-10+. The number of hydrogen-bond acceptors (Lipinski definition) is 5. The van der Waals surface area contributed by atoms with Gasteiger partial charge >= 0.3 is 11.6 Å². The van der Waals surface area contributed by atoms with Gasteiger partial charge in [0.2, 0.25) is 0 Å². The summed E-state index contributed by atoms with van der Waals surface area (Å²) in [5, 5.41) is 10.2. The predicted molar refractivity (Wildman–Crippen MR) is 119 cm³/mol. The van der Waals surface area contributed by atoms with Crippen LogP contribution in [0.15, 0.2) is 45.1 Å². The molecule has 1 aromatic carbocycles. The third-order valence-corrected chi connectivity index (χ3v) is 5.15. The normalized spacial score (nSPS) is 11.7. The molecule has 3 rings (SSSR count). The van der Waals surface area contributed by atoms with E-state index in [2.05, 4.69) is 18.4 Å². The molecule has 0 amide bonds. The van der Waals surface area contributed by atoms with Gasteiger partial charge in [0.1, 0.15) is 23.8 Å². The Morgan fingerprint density at radius 2 is 1.97 bits per heavy atom. The van der Waals surface area contributed by atoms with Gasteiger partial charge in [0, 0.05) is 34.9 Å². The van der Waals surface area contributed by atoms with Gasteiger partial charge in [-0.1, -0.05) is 26.0 Å². The molecule has 0 radical (unpaired) electrons. The second-order valence-corrected chi connectivity index (χ2v) is 8.17. The fourth-order valence-electron chi connectivity index (χ4n) is 3.59. The summed E-state index contributed by atoms with van der Waals surface area (Å²) >= 11 is 0. The first kappa shape index (κ1) is 22.1. The first-order chi connectivity index (χ1) is 14.7. The topological polar surface area (TPSA) is 85.2 Å². The third kappa shape index (κ3) is 4.95. The van der Waals surface area contributed by atoms with E-state index in [1.54, 1.807) is 12.1 Å². The third-order valence-electron chi connectivity index (χ3n) is 5.15. The lowest BCUT2D eigenvalue weighted by Gasteiger charge is -2.12. The number of ether oxygens (including phenoxy) is 1. The van der Waals surface area contributed by atoms with Gasteiger partial charge < -0.3 is 13.7 Å². The van der Waals surface area contributed by atoms with Gasteiger partial charge in [-0.15, -0.1) is 0 Å². The minimum Gasteiger partial charge on any atom is -0.457 e. The minimum absolute atomic E-state index is 0.0899. The maximum absolute atomic E-state index is 12.6. The maximum atomic E-state index is 12.6. The van der Waals surface area contributed by atoms with E-state index < -0.39 is 11.6 Å². The second-order valence-electron chi connectivity index (χ2n) is 8.17. The van der Waals surface area contributed by atoms with Crippen LogP contribution in [0.1, 0.15) is 41.9 Å². The molecular formula is C25H26N2O4. The number of benzene rings is 1. The molecule has 0 spiro atoms. The van der Waals surface area contributed by atoms with E-state index in [-0.39, 0.29) is 12.2 Å². The Labute approximate surface area is 181 Å². The molecule has 0 aliphatic heterocycles. The Hall–Kier alpha value is -3.59. The molecule has 0 bridgehead atoms. The van der Waals surface area contributed by atoms with Crippen molar-refractivity contribution in [2.24, 2.45) is 5.92 Å². The number of rotatable bonds is 6. The number of esters is 1. The Morgan fingerprint density at radius 1 is 1.23 bits per heavy atom. The monoisotopic (exact) mass is 418 g/mol. The number of nitrogens with zero attached hydrogens (tertiary/aromatic N) is 2. The van der Waals surface area contributed by atoms with E-state index in [1.807, 2.05) is 45.0 Å². The maximum Gasteiger partial charge on any atom is 0.349 e. The zero-order valence-electron chi connectivity index (χ0n) is 18.5. The summed E-state index contributed by atoms with van der Waals surface area (Å²) in [6.07, 6.45) is 1.56. The van der Waals surface area contributed by atoms with E-state index in [0.717, 1.165) is 29.1 Å². The summed E-state index contributed by atoms with van der Waals surface area (Å²) in [7, 11) is 0. The van der Waals surface area contributed by atoms with Crippen molar-refractivity contribution in [1.82, 2.24) is 4.57 Å². The number of hydrogen-bond donors (Lipinski definition) is 0.